The summed E-state index contributed by atoms with van der Waals surface area (Å²) in [7, 11) is 1.77. The maximum absolute atomic E-state index is 12.1. The van der Waals surface area contributed by atoms with Crippen molar-refractivity contribution in [2.45, 2.75) is 6.04 Å². The Balaban J connectivity index is 2.19. The van der Waals surface area contributed by atoms with Gasteiger partial charge in [0.15, 0.2) is 0 Å². The van der Waals surface area contributed by atoms with E-state index >= 15 is 0 Å². The number of benzene rings is 2. The number of nitrogens with zero attached hydrogens (tertiary/aromatic N) is 1. The number of hydrogen-bond acceptors (Lipinski definition) is 2. The Kier molecular flexibility index (Phi) is 3.89. The van der Waals surface area contributed by atoms with Gasteiger partial charge in [0.2, 0.25) is 5.91 Å². The van der Waals surface area contributed by atoms with Gasteiger partial charge < -0.3 is 4.90 Å². The van der Waals surface area contributed by atoms with Gasteiger partial charge in [-0.3, -0.25) is 10.1 Å². The highest BCUT2D eigenvalue weighted by atomic mass is 35.5. The Morgan fingerprint density at radius 2 is 1.90 bits per heavy atom. The number of carbonyl (C=O) groups is 1. The second-order valence-electron chi connectivity index (χ2n) is 4.99. The van der Waals surface area contributed by atoms with Gasteiger partial charge in [-0.15, -0.1) is 0 Å². The van der Waals surface area contributed by atoms with Crippen molar-refractivity contribution in [2.75, 3.05) is 18.5 Å². The zero-order chi connectivity index (χ0) is 15.0. The Morgan fingerprint density at radius 1 is 1.14 bits per heavy atom. The van der Waals surface area contributed by atoms with Crippen LogP contribution in [0.4, 0.5) is 5.69 Å². The fourth-order valence-corrected chi connectivity index (χ4v) is 3.03. The van der Waals surface area contributed by atoms with E-state index in [9.17, 15) is 4.79 Å². The van der Waals surface area contributed by atoms with Crippen molar-refractivity contribution < 1.29 is 4.79 Å². The summed E-state index contributed by atoms with van der Waals surface area (Å²) < 4.78 is 0. The first-order valence-corrected chi connectivity index (χ1v) is 7.37. The molecule has 5 heteroatoms. The molecule has 1 aliphatic heterocycles. The average molecular weight is 321 g/mol. The van der Waals surface area contributed by atoms with Crippen molar-refractivity contribution in [3.05, 3.63) is 63.6 Å². The van der Waals surface area contributed by atoms with E-state index in [2.05, 4.69) is 5.32 Å². The highest BCUT2D eigenvalue weighted by Gasteiger charge is 2.27. The summed E-state index contributed by atoms with van der Waals surface area (Å²) in [6.07, 6.45) is 0. The number of amides is 1. The Morgan fingerprint density at radius 3 is 2.67 bits per heavy atom. The number of nitrogens with one attached hydrogen (secondary N) is 1. The molecular weight excluding hydrogens is 307 g/mol. The maximum Gasteiger partial charge on any atom is 0.240 e. The monoisotopic (exact) mass is 320 g/mol. The molecule has 2 aromatic carbocycles. The second-order valence-corrected chi connectivity index (χ2v) is 5.83. The van der Waals surface area contributed by atoms with Crippen molar-refractivity contribution in [1.29, 1.82) is 0 Å². The minimum absolute atomic E-state index is 0.00752. The molecule has 0 saturated heterocycles. The molecule has 3 rings (SSSR count). The average Bonchev–Trinajstić information content (AvgIpc) is 2.59. The lowest BCUT2D eigenvalue weighted by Gasteiger charge is -2.21. The first-order chi connectivity index (χ1) is 10.1. The SMILES string of the molecule is CN1C(=O)CNC(c2ccccc2Cl)c2cc(Cl)ccc21. The van der Waals surface area contributed by atoms with Crippen LogP contribution in [0, 0.1) is 0 Å². The summed E-state index contributed by atoms with van der Waals surface area (Å²) in [4.78, 5) is 13.8. The number of anilines is 1. The lowest BCUT2D eigenvalue weighted by atomic mass is 9.97. The molecule has 1 amide bonds. The molecule has 3 nitrogen and oxygen atoms in total. The molecule has 0 spiro atoms. The van der Waals surface area contributed by atoms with Gasteiger partial charge in [-0.1, -0.05) is 41.4 Å². The third-order valence-corrected chi connectivity index (χ3v) is 4.29. The Labute approximate surface area is 133 Å². The molecule has 1 heterocycles. The standard InChI is InChI=1S/C16H14Cl2N2O/c1-20-14-7-6-10(17)8-12(14)16(19-9-15(20)21)11-4-2-3-5-13(11)18/h2-8,16,19H,9H2,1H3. The molecule has 0 bridgehead atoms. The quantitative estimate of drug-likeness (QED) is 0.869. The normalized spacial score (nSPS) is 18.3. The van der Waals surface area contributed by atoms with Crippen molar-refractivity contribution in [3.63, 3.8) is 0 Å². The zero-order valence-electron chi connectivity index (χ0n) is 11.4. The van der Waals surface area contributed by atoms with Crippen LogP contribution in [0.3, 0.4) is 0 Å². The van der Waals surface area contributed by atoms with E-state index in [1.54, 1.807) is 18.0 Å². The molecule has 0 aliphatic carbocycles. The highest BCUT2D eigenvalue weighted by molar-refractivity contribution is 6.31. The third kappa shape index (κ3) is 2.64. The van der Waals surface area contributed by atoms with Crippen molar-refractivity contribution in [1.82, 2.24) is 5.32 Å². The van der Waals surface area contributed by atoms with Crippen LogP contribution in [0.5, 0.6) is 0 Å². The molecule has 1 unspecified atom stereocenters. The van der Waals surface area contributed by atoms with Gasteiger partial charge in [-0.2, -0.15) is 0 Å². The number of hydrogen-bond donors (Lipinski definition) is 1. The van der Waals surface area contributed by atoms with E-state index in [1.165, 1.54) is 0 Å². The summed E-state index contributed by atoms with van der Waals surface area (Å²) in [5.41, 5.74) is 2.73. The van der Waals surface area contributed by atoms with Crippen molar-refractivity contribution in [2.24, 2.45) is 0 Å². The van der Waals surface area contributed by atoms with Gasteiger partial charge in [0.25, 0.3) is 0 Å². The first kappa shape index (κ1) is 14.4. The molecule has 0 radical (unpaired) electrons. The molecule has 21 heavy (non-hydrogen) atoms. The van der Waals surface area contributed by atoms with Gasteiger partial charge in [-0.05, 0) is 35.4 Å². The fraction of sp³-hybridized carbons (Fsp3) is 0.188. The number of carbonyl (C=O) groups excluding carboxylic acids is 1. The Hall–Kier alpha value is -1.55. The van der Waals surface area contributed by atoms with Crippen LogP contribution in [0.2, 0.25) is 10.0 Å². The van der Waals surface area contributed by atoms with Crippen LogP contribution in [0.25, 0.3) is 0 Å². The van der Waals surface area contributed by atoms with Crippen LogP contribution >= 0.6 is 23.2 Å². The summed E-state index contributed by atoms with van der Waals surface area (Å²) in [6.45, 7) is 0.249. The summed E-state index contributed by atoms with van der Waals surface area (Å²) >= 11 is 12.5. The van der Waals surface area contributed by atoms with E-state index in [0.717, 1.165) is 16.8 Å². The van der Waals surface area contributed by atoms with Crippen LogP contribution < -0.4 is 10.2 Å². The molecule has 0 fully saturated rings. The summed E-state index contributed by atoms with van der Waals surface area (Å²) in [5, 5.41) is 4.57. The molecular formula is C16H14Cl2N2O. The van der Waals surface area contributed by atoms with Crippen LogP contribution in [0.15, 0.2) is 42.5 Å². The van der Waals surface area contributed by atoms with Crippen molar-refractivity contribution in [3.8, 4) is 0 Å². The van der Waals surface area contributed by atoms with E-state index in [-0.39, 0.29) is 18.5 Å². The number of likely N-dealkylation sites (N-methyl/N-ethyl adjacent to an activating group) is 1. The van der Waals surface area contributed by atoms with E-state index in [4.69, 9.17) is 23.2 Å². The largest absolute Gasteiger partial charge is 0.314 e. The number of halogens is 2. The zero-order valence-corrected chi connectivity index (χ0v) is 12.9. The van der Waals surface area contributed by atoms with Gasteiger partial charge in [0.1, 0.15) is 0 Å². The third-order valence-electron chi connectivity index (χ3n) is 3.71. The topological polar surface area (TPSA) is 32.3 Å². The molecule has 1 aliphatic rings. The van der Waals surface area contributed by atoms with Gasteiger partial charge in [0, 0.05) is 22.8 Å². The van der Waals surface area contributed by atoms with E-state index in [1.807, 2.05) is 36.4 Å². The first-order valence-electron chi connectivity index (χ1n) is 6.62. The van der Waals surface area contributed by atoms with Gasteiger partial charge in [-0.25, -0.2) is 0 Å². The van der Waals surface area contributed by atoms with Crippen LogP contribution in [-0.4, -0.2) is 19.5 Å². The van der Waals surface area contributed by atoms with Crippen LogP contribution in [0.1, 0.15) is 17.2 Å². The lowest BCUT2D eigenvalue weighted by Crippen LogP contribution is -2.33. The lowest BCUT2D eigenvalue weighted by molar-refractivity contribution is -0.117. The van der Waals surface area contributed by atoms with E-state index < -0.39 is 0 Å². The molecule has 1 N–H and O–H groups in total. The molecule has 0 aromatic heterocycles. The molecule has 2 aromatic rings. The minimum atomic E-state index is -0.165. The smallest absolute Gasteiger partial charge is 0.240 e. The van der Waals surface area contributed by atoms with E-state index in [0.29, 0.717) is 10.0 Å². The Bertz CT molecular complexity index is 702. The van der Waals surface area contributed by atoms with Gasteiger partial charge >= 0.3 is 0 Å². The second kappa shape index (κ2) is 5.68. The molecule has 0 saturated carbocycles. The number of fused-ring (bicyclic) bond motifs is 1. The summed E-state index contributed by atoms with van der Waals surface area (Å²) in [6, 6.07) is 13.0. The van der Waals surface area contributed by atoms with Crippen molar-refractivity contribution >= 4 is 34.8 Å². The summed E-state index contributed by atoms with van der Waals surface area (Å²) in [5.74, 6) is 0.00752. The molecule has 1 atom stereocenters. The van der Waals surface area contributed by atoms with Crippen LogP contribution in [-0.2, 0) is 4.79 Å². The predicted octanol–water partition coefficient (Wildman–Crippen LogP) is 3.65. The minimum Gasteiger partial charge on any atom is -0.314 e. The fourth-order valence-electron chi connectivity index (χ4n) is 2.60. The maximum atomic E-state index is 12.1. The highest BCUT2D eigenvalue weighted by Crippen LogP contribution is 2.36. The number of rotatable bonds is 1. The van der Waals surface area contributed by atoms with Gasteiger partial charge in [0.05, 0.1) is 12.6 Å². The predicted molar refractivity (Wildman–Crippen MR) is 86.2 cm³/mol. The molecule has 108 valence electrons.